The Morgan fingerprint density at radius 3 is 2.29 bits per heavy atom. The summed E-state index contributed by atoms with van der Waals surface area (Å²) in [6.45, 7) is 8.11. The number of esters is 1. The van der Waals surface area contributed by atoms with E-state index < -0.39 is 0 Å². The number of guanidine groups is 1. The van der Waals surface area contributed by atoms with Gasteiger partial charge in [-0.05, 0) is 91.5 Å². The highest BCUT2D eigenvalue weighted by molar-refractivity contribution is 14.0. The van der Waals surface area contributed by atoms with Crippen LogP contribution in [0.1, 0.15) is 64.7 Å². The molecule has 3 fully saturated rings. The lowest BCUT2D eigenvalue weighted by Gasteiger charge is -2.50. The Morgan fingerprint density at radius 1 is 1.06 bits per heavy atom. The van der Waals surface area contributed by atoms with E-state index >= 15 is 0 Å². The number of carbonyl (C=O) groups excluding carboxylic acids is 1. The minimum atomic E-state index is -0.0239. The predicted molar refractivity (Wildman–Crippen MR) is 137 cm³/mol. The maximum atomic E-state index is 12.0. The number of ether oxygens (including phenoxy) is 1. The van der Waals surface area contributed by atoms with Crippen LogP contribution in [0.5, 0.6) is 0 Å². The van der Waals surface area contributed by atoms with E-state index in [1.165, 1.54) is 58.3 Å². The molecule has 0 amide bonds. The van der Waals surface area contributed by atoms with Crippen LogP contribution in [0.25, 0.3) is 0 Å². The van der Waals surface area contributed by atoms with Gasteiger partial charge in [0.15, 0.2) is 5.96 Å². The number of carbonyl (C=O) groups is 1. The van der Waals surface area contributed by atoms with Crippen molar-refractivity contribution < 1.29 is 9.53 Å². The smallest absolute Gasteiger partial charge is 0.308 e. The van der Waals surface area contributed by atoms with E-state index in [2.05, 4.69) is 32.5 Å². The molecular weight excluding hydrogens is 505 g/mol. The monoisotopic (exact) mass is 549 g/mol. The van der Waals surface area contributed by atoms with Crippen LogP contribution in [0.4, 0.5) is 0 Å². The molecule has 0 aromatic carbocycles. The molecule has 0 aromatic rings. The van der Waals surface area contributed by atoms with Crippen LogP contribution >= 0.6 is 24.0 Å². The van der Waals surface area contributed by atoms with Crippen molar-refractivity contribution in [3.63, 3.8) is 0 Å². The fraction of sp³-hybridized carbons (Fsp3) is 0.913. The third-order valence-electron chi connectivity index (χ3n) is 7.44. The number of aliphatic imine (C=N–C) groups is 1. The van der Waals surface area contributed by atoms with Gasteiger partial charge in [0.2, 0.25) is 0 Å². The predicted octanol–water partition coefficient (Wildman–Crippen LogP) is 2.84. The van der Waals surface area contributed by atoms with Gasteiger partial charge < -0.3 is 20.3 Å². The van der Waals surface area contributed by atoms with Gasteiger partial charge in [-0.15, -0.1) is 24.0 Å². The van der Waals surface area contributed by atoms with Gasteiger partial charge in [0, 0.05) is 25.2 Å². The van der Waals surface area contributed by atoms with Crippen molar-refractivity contribution in [3.05, 3.63) is 0 Å². The molecular formula is C23H44IN5O2. The van der Waals surface area contributed by atoms with Gasteiger partial charge in [-0.25, -0.2) is 0 Å². The molecule has 1 saturated carbocycles. The quantitative estimate of drug-likeness (QED) is 0.230. The minimum Gasteiger partial charge on any atom is -0.466 e. The first kappa shape index (κ1) is 26.6. The molecule has 2 N–H and O–H groups in total. The lowest BCUT2D eigenvalue weighted by atomic mass is 9.84. The number of halogens is 1. The molecule has 0 spiro atoms. The maximum Gasteiger partial charge on any atom is 0.308 e. The Morgan fingerprint density at radius 2 is 1.71 bits per heavy atom. The average Bonchev–Trinajstić information content (AvgIpc) is 2.79. The van der Waals surface area contributed by atoms with Crippen molar-refractivity contribution in [3.8, 4) is 0 Å². The van der Waals surface area contributed by atoms with Crippen molar-refractivity contribution >= 4 is 35.9 Å². The van der Waals surface area contributed by atoms with Crippen LogP contribution in [0.15, 0.2) is 4.99 Å². The van der Waals surface area contributed by atoms with Crippen molar-refractivity contribution in [2.45, 2.75) is 76.3 Å². The number of nitrogens with zero attached hydrogens (tertiary/aromatic N) is 3. The summed E-state index contributed by atoms with van der Waals surface area (Å²) in [5.74, 6) is 0.952. The topological polar surface area (TPSA) is 69.2 Å². The number of piperidine rings is 2. The summed E-state index contributed by atoms with van der Waals surface area (Å²) in [6.07, 6.45) is 10.3. The Bertz CT molecular complexity index is 566. The second kappa shape index (κ2) is 13.2. The summed E-state index contributed by atoms with van der Waals surface area (Å²) < 4.78 is 5.20. The standard InChI is InChI=1S/C23H43N5O2.HI/c1-4-30-21(29)19-8-10-20(11-9-19)26-22(24-2)25-18-23(12-16-27(3)17-13-23)28-14-6-5-7-15-28;/h19-20H,4-18H2,1-3H3,(H2,24,25,26);1H. The average molecular weight is 550 g/mol. The van der Waals surface area contributed by atoms with Crippen LogP contribution in [-0.2, 0) is 9.53 Å². The number of likely N-dealkylation sites (tertiary alicyclic amines) is 2. The van der Waals surface area contributed by atoms with Gasteiger partial charge in [-0.3, -0.25) is 14.7 Å². The van der Waals surface area contributed by atoms with Gasteiger partial charge in [-0.2, -0.15) is 0 Å². The molecule has 0 aromatic heterocycles. The SMILES string of the molecule is CCOC(=O)C1CCC(NC(=NC)NCC2(N3CCCCC3)CCN(C)CC2)CC1.I. The third kappa shape index (κ3) is 7.45. The van der Waals surface area contributed by atoms with Crippen molar-refractivity contribution in [2.24, 2.45) is 10.9 Å². The van der Waals surface area contributed by atoms with Gasteiger partial charge in [-0.1, -0.05) is 6.42 Å². The first-order valence-corrected chi connectivity index (χ1v) is 12.1. The molecule has 0 bridgehead atoms. The molecule has 1 aliphatic carbocycles. The maximum absolute atomic E-state index is 12.0. The Kier molecular flexibility index (Phi) is 11.3. The van der Waals surface area contributed by atoms with E-state index in [-0.39, 0.29) is 41.4 Å². The molecule has 0 radical (unpaired) electrons. The molecule has 2 aliphatic heterocycles. The molecule has 180 valence electrons. The molecule has 31 heavy (non-hydrogen) atoms. The number of nitrogens with one attached hydrogen (secondary N) is 2. The largest absolute Gasteiger partial charge is 0.466 e. The lowest BCUT2D eigenvalue weighted by Crippen LogP contribution is -2.62. The zero-order valence-electron chi connectivity index (χ0n) is 19.8. The van der Waals surface area contributed by atoms with Gasteiger partial charge in [0.05, 0.1) is 12.5 Å². The molecule has 0 unspecified atom stereocenters. The van der Waals surface area contributed by atoms with E-state index in [0.717, 1.165) is 38.2 Å². The number of hydrogen-bond acceptors (Lipinski definition) is 5. The van der Waals surface area contributed by atoms with Gasteiger partial charge >= 0.3 is 5.97 Å². The van der Waals surface area contributed by atoms with E-state index in [1.807, 2.05) is 14.0 Å². The summed E-state index contributed by atoms with van der Waals surface area (Å²) in [7, 11) is 4.10. The number of rotatable bonds is 6. The van der Waals surface area contributed by atoms with Gasteiger partial charge in [0.25, 0.3) is 0 Å². The van der Waals surface area contributed by atoms with Crippen molar-refractivity contribution in [2.75, 3.05) is 53.4 Å². The summed E-state index contributed by atoms with van der Waals surface area (Å²) in [5, 5.41) is 7.30. The second-order valence-corrected chi connectivity index (χ2v) is 9.45. The number of hydrogen-bond donors (Lipinski definition) is 2. The van der Waals surface area contributed by atoms with Crippen LogP contribution in [0, 0.1) is 5.92 Å². The highest BCUT2D eigenvalue weighted by Gasteiger charge is 2.39. The highest BCUT2D eigenvalue weighted by Crippen LogP contribution is 2.31. The lowest BCUT2D eigenvalue weighted by molar-refractivity contribution is -0.149. The van der Waals surface area contributed by atoms with E-state index in [9.17, 15) is 4.79 Å². The molecule has 7 nitrogen and oxygen atoms in total. The molecule has 8 heteroatoms. The zero-order chi connectivity index (χ0) is 21.4. The Labute approximate surface area is 206 Å². The van der Waals surface area contributed by atoms with E-state index in [1.54, 1.807) is 0 Å². The van der Waals surface area contributed by atoms with Crippen molar-refractivity contribution in [1.82, 2.24) is 20.4 Å². The first-order valence-electron chi connectivity index (χ1n) is 12.1. The summed E-state index contributed by atoms with van der Waals surface area (Å²) in [4.78, 5) is 21.7. The summed E-state index contributed by atoms with van der Waals surface area (Å²) in [5.41, 5.74) is 0.242. The van der Waals surface area contributed by atoms with E-state index in [0.29, 0.717) is 12.6 Å². The Balaban J connectivity index is 0.00000341. The Hall–Kier alpha value is -0.610. The highest BCUT2D eigenvalue weighted by atomic mass is 127. The summed E-state index contributed by atoms with van der Waals surface area (Å²) in [6, 6.07) is 0.380. The van der Waals surface area contributed by atoms with Gasteiger partial charge in [0.1, 0.15) is 0 Å². The van der Waals surface area contributed by atoms with Crippen molar-refractivity contribution in [1.29, 1.82) is 0 Å². The third-order valence-corrected chi connectivity index (χ3v) is 7.44. The van der Waals surface area contributed by atoms with E-state index in [4.69, 9.17) is 4.74 Å². The minimum absolute atomic E-state index is 0. The molecule has 2 heterocycles. The molecule has 3 aliphatic rings. The fourth-order valence-corrected chi connectivity index (χ4v) is 5.38. The normalized spacial score (nSPS) is 27.8. The molecule has 3 rings (SSSR count). The fourth-order valence-electron chi connectivity index (χ4n) is 5.38. The second-order valence-electron chi connectivity index (χ2n) is 9.45. The summed E-state index contributed by atoms with van der Waals surface area (Å²) >= 11 is 0. The zero-order valence-corrected chi connectivity index (χ0v) is 22.2. The van der Waals surface area contributed by atoms with Crippen LogP contribution in [0.2, 0.25) is 0 Å². The van der Waals surface area contributed by atoms with Crippen LogP contribution in [-0.4, -0.2) is 86.7 Å². The molecule has 2 saturated heterocycles. The first-order chi connectivity index (χ1) is 14.6. The van der Waals surface area contributed by atoms with Crippen LogP contribution < -0.4 is 10.6 Å². The van der Waals surface area contributed by atoms with Crippen LogP contribution in [0.3, 0.4) is 0 Å². The molecule has 0 atom stereocenters.